The summed E-state index contributed by atoms with van der Waals surface area (Å²) in [5, 5.41) is 0. The van der Waals surface area contributed by atoms with Crippen molar-refractivity contribution in [1.82, 2.24) is 0 Å². The zero-order valence-corrected chi connectivity index (χ0v) is 10.1. The largest absolute Gasteiger partial charge is 0.350 e. The monoisotopic (exact) mass is 224 g/mol. The fourth-order valence-electron chi connectivity index (χ4n) is 1.65. The molecule has 1 aliphatic rings. The Morgan fingerprint density at radius 2 is 1.88 bits per heavy atom. The highest BCUT2D eigenvalue weighted by atomic mass is 16.7. The molecule has 1 saturated heterocycles. The van der Waals surface area contributed by atoms with Gasteiger partial charge in [0.15, 0.2) is 5.79 Å². The summed E-state index contributed by atoms with van der Waals surface area (Å²) in [6.45, 7) is 8.50. The van der Waals surface area contributed by atoms with Crippen LogP contribution in [0.3, 0.4) is 0 Å². The molecule has 3 nitrogen and oxygen atoms in total. The third-order valence-electron chi connectivity index (χ3n) is 2.79. The number of rotatable bonds is 5. The summed E-state index contributed by atoms with van der Waals surface area (Å²) in [4.78, 5) is 10.7. The third-order valence-corrected chi connectivity index (χ3v) is 2.79. The van der Waals surface area contributed by atoms with Gasteiger partial charge in [-0.15, -0.1) is 0 Å². The van der Waals surface area contributed by atoms with Crippen LogP contribution in [0.5, 0.6) is 0 Å². The Hall–Kier alpha value is -0.930. The number of carbonyl (C=O) groups excluding carboxylic acids is 1. The summed E-state index contributed by atoms with van der Waals surface area (Å²) in [6.07, 6.45) is 7.78. The van der Waals surface area contributed by atoms with Gasteiger partial charge in [-0.25, -0.2) is 0 Å². The Labute approximate surface area is 97.1 Å². The number of carbonyl (C=O) groups is 1. The van der Waals surface area contributed by atoms with Gasteiger partial charge < -0.3 is 14.3 Å². The first-order valence-electron chi connectivity index (χ1n) is 5.53. The maximum Gasteiger partial charge on any atom is 0.162 e. The quantitative estimate of drug-likeness (QED) is 0.531. The molecule has 0 radical (unpaired) electrons. The minimum atomic E-state index is -0.533. The van der Waals surface area contributed by atoms with Crippen LogP contribution in [-0.2, 0) is 14.3 Å². The molecule has 0 atom stereocenters. The maximum absolute atomic E-state index is 10.7. The lowest BCUT2D eigenvalue weighted by Gasteiger charge is -2.42. The molecule has 0 bridgehead atoms. The molecular formula is C13H20O3. The fourth-order valence-corrected chi connectivity index (χ4v) is 1.65. The molecule has 0 aromatic carbocycles. The molecule has 0 unspecified atom stereocenters. The first-order chi connectivity index (χ1) is 7.54. The molecule has 0 aliphatic carbocycles. The Balaban J connectivity index is 2.63. The zero-order valence-electron chi connectivity index (χ0n) is 10.1. The van der Waals surface area contributed by atoms with E-state index in [0.717, 1.165) is 12.7 Å². The molecule has 90 valence electrons. The van der Waals surface area contributed by atoms with Crippen LogP contribution in [0.25, 0.3) is 0 Å². The summed E-state index contributed by atoms with van der Waals surface area (Å²) in [5.41, 5.74) is -0.212. The first kappa shape index (κ1) is 13.1. The van der Waals surface area contributed by atoms with E-state index in [1.165, 1.54) is 0 Å². The molecule has 1 aliphatic heterocycles. The van der Waals surface area contributed by atoms with E-state index in [1.807, 2.05) is 26.0 Å². The first-order valence-corrected chi connectivity index (χ1v) is 5.53. The fraction of sp³-hybridized carbons (Fsp3) is 0.615. The van der Waals surface area contributed by atoms with Crippen molar-refractivity contribution in [3.8, 4) is 0 Å². The lowest BCUT2D eigenvalue weighted by atomic mass is 9.82. The van der Waals surface area contributed by atoms with Crippen LogP contribution in [0.15, 0.2) is 24.8 Å². The molecule has 0 N–H and O–H groups in total. The van der Waals surface area contributed by atoms with Crippen LogP contribution in [0, 0.1) is 5.41 Å². The van der Waals surface area contributed by atoms with Crippen molar-refractivity contribution in [3.05, 3.63) is 24.8 Å². The summed E-state index contributed by atoms with van der Waals surface area (Å²) < 4.78 is 11.2. The molecular weight excluding hydrogens is 204 g/mol. The van der Waals surface area contributed by atoms with E-state index in [0.29, 0.717) is 19.6 Å². The van der Waals surface area contributed by atoms with E-state index in [4.69, 9.17) is 9.47 Å². The molecule has 0 aromatic rings. The molecule has 0 amide bonds. The molecule has 1 heterocycles. The second kappa shape index (κ2) is 5.41. The SMILES string of the molecule is C=C/C=C/CC1(CC=O)COC(C)(C)OC1. The van der Waals surface area contributed by atoms with Gasteiger partial charge in [0.1, 0.15) is 6.29 Å². The number of ether oxygens (including phenoxy) is 2. The van der Waals surface area contributed by atoms with E-state index in [9.17, 15) is 4.79 Å². The summed E-state index contributed by atoms with van der Waals surface area (Å²) in [6, 6.07) is 0. The van der Waals surface area contributed by atoms with Crippen LogP contribution in [0.4, 0.5) is 0 Å². The van der Waals surface area contributed by atoms with Crippen molar-refractivity contribution in [2.45, 2.75) is 32.5 Å². The van der Waals surface area contributed by atoms with Crippen LogP contribution in [0.1, 0.15) is 26.7 Å². The van der Waals surface area contributed by atoms with Crippen LogP contribution in [0.2, 0.25) is 0 Å². The van der Waals surface area contributed by atoms with Gasteiger partial charge in [-0.3, -0.25) is 0 Å². The van der Waals surface area contributed by atoms with E-state index in [2.05, 4.69) is 6.58 Å². The van der Waals surface area contributed by atoms with Gasteiger partial charge in [-0.1, -0.05) is 24.8 Å². The molecule has 0 spiro atoms. The van der Waals surface area contributed by atoms with E-state index < -0.39 is 5.79 Å². The predicted octanol–water partition coefficient (Wildman–Crippen LogP) is 2.48. The van der Waals surface area contributed by atoms with Gasteiger partial charge in [0.2, 0.25) is 0 Å². The molecule has 16 heavy (non-hydrogen) atoms. The Morgan fingerprint density at radius 1 is 1.25 bits per heavy atom. The van der Waals surface area contributed by atoms with Gasteiger partial charge in [0.05, 0.1) is 13.2 Å². The van der Waals surface area contributed by atoms with Crippen molar-refractivity contribution >= 4 is 6.29 Å². The Kier molecular flexibility index (Phi) is 4.44. The van der Waals surface area contributed by atoms with Crippen molar-refractivity contribution < 1.29 is 14.3 Å². The topological polar surface area (TPSA) is 35.5 Å². The molecule has 0 saturated carbocycles. The van der Waals surface area contributed by atoms with Crippen LogP contribution in [-0.4, -0.2) is 25.3 Å². The smallest absolute Gasteiger partial charge is 0.162 e. The van der Waals surface area contributed by atoms with E-state index >= 15 is 0 Å². The lowest BCUT2D eigenvalue weighted by Crippen LogP contribution is -2.46. The lowest BCUT2D eigenvalue weighted by molar-refractivity contribution is -0.284. The average molecular weight is 224 g/mol. The highest BCUT2D eigenvalue weighted by molar-refractivity contribution is 5.51. The molecule has 3 heteroatoms. The molecule has 0 aromatic heterocycles. The number of aldehydes is 1. The van der Waals surface area contributed by atoms with E-state index in [-0.39, 0.29) is 5.41 Å². The number of allylic oxidation sites excluding steroid dienone is 3. The van der Waals surface area contributed by atoms with Crippen molar-refractivity contribution in [1.29, 1.82) is 0 Å². The zero-order chi connectivity index (χ0) is 12.1. The molecule has 1 fully saturated rings. The highest BCUT2D eigenvalue weighted by Crippen LogP contribution is 2.35. The van der Waals surface area contributed by atoms with Crippen molar-refractivity contribution in [2.75, 3.05) is 13.2 Å². The van der Waals surface area contributed by atoms with Crippen LogP contribution >= 0.6 is 0 Å². The Bertz CT molecular complexity index is 269. The van der Waals surface area contributed by atoms with Gasteiger partial charge in [-0.2, -0.15) is 0 Å². The van der Waals surface area contributed by atoms with Gasteiger partial charge >= 0.3 is 0 Å². The number of hydrogen-bond acceptors (Lipinski definition) is 3. The van der Waals surface area contributed by atoms with Crippen LogP contribution < -0.4 is 0 Å². The maximum atomic E-state index is 10.7. The second-order valence-corrected chi connectivity index (χ2v) is 4.72. The van der Waals surface area contributed by atoms with Crippen molar-refractivity contribution in [2.24, 2.45) is 5.41 Å². The standard InChI is InChI=1S/C13H20O3/c1-4-5-6-7-13(8-9-14)10-15-12(2,3)16-11-13/h4-6,9H,1,7-8,10-11H2,2-3H3/b6-5+. The summed E-state index contributed by atoms with van der Waals surface area (Å²) >= 11 is 0. The Morgan fingerprint density at radius 3 is 2.38 bits per heavy atom. The van der Waals surface area contributed by atoms with Crippen molar-refractivity contribution in [3.63, 3.8) is 0 Å². The predicted molar refractivity (Wildman–Crippen MR) is 63.1 cm³/mol. The average Bonchev–Trinajstić information content (AvgIpc) is 2.24. The second-order valence-electron chi connectivity index (χ2n) is 4.72. The minimum Gasteiger partial charge on any atom is -0.350 e. The van der Waals surface area contributed by atoms with Gasteiger partial charge in [-0.05, 0) is 20.3 Å². The van der Waals surface area contributed by atoms with Gasteiger partial charge in [0.25, 0.3) is 0 Å². The molecule has 1 rings (SSSR count). The van der Waals surface area contributed by atoms with Gasteiger partial charge in [0, 0.05) is 11.8 Å². The summed E-state index contributed by atoms with van der Waals surface area (Å²) in [5.74, 6) is -0.533. The summed E-state index contributed by atoms with van der Waals surface area (Å²) in [7, 11) is 0. The van der Waals surface area contributed by atoms with E-state index in [1.54, 1.807) is 6.08 Å². The minimum absolute atomic E-state index is 0.212. The third kappa shape index (κ3) is 3.58. The normalized spacial score (nSPS) is 23.1. The number of hydrogen-bond donors (Lipinski definition) is 0. The highest BCUT2D eigenvalue weighted by Gasteiger charge is 2.38.